The van der Waals surface area contributed by atoms with Gasteiger partial charge in [0.1, 0.15) is 13.2 Å². The quantitative estimate of drug-likeness (QED) is 0.861. The SMILES string of the molecule is CC(NCCO)c1ccc2c(c1)OCCO2.Cl. The van der Waals surface area contributed by atoms with E-state index in [4.69, 9.17) is 14.6 Å². The predicted molar refractivity (Wildman–Crippen MR) is 68.2 cm³/mol. The topological polar surface area (TPSA) is 50.7 Å². The monoisotopic (exact) mass is 259 g/mol. The molecule has 2 rings (SSSR count). The number of halogens is 1. The molecule has 0 spiro atoms. The van der Waals surface area contributed by atoms with E-state index in [-0.39, 0.29) is 25.1 Å². The van der Waals surface area contributed by atoms with E-state index >= 15 is 0 Å². The molecule has 0 bridgehead atoms. The highest BCUT2D eigenvalue weighted by atomic mass is 35.5. The van der Waals surface area contributed by atoms with Crippen molar-refractivity contribution in [3.8, 4) is 11.5 Å². The van der Waals surface area contributed by atoms with Crippen LogP contribution in [0.3, 0.4) is 0 Å². The molecule has 1 aromatic carbocycles. The van der Waals surface area contributed by atoms with Crippen molar-refractivity contribution < 1.29 is 14.6 Å². The van der Waals surface area contributed by atoms with Crippen LogP contribution in [-0.4, -0.2) is 31.5 Å². The fourth-order valence-electron chi connectivity index (χ4n) is 1.73. The molecule has 0 aliphatic carbocycles. The highest BCUT2D eigenvalue weighted by Crippen LogP contribution is 2.32. The van der Waals surface area contributed by atoms with Crippen molar-refractivity contribution in [2.45, 2.75) is 13.0 Å². The minimum Gasteiger partial charge on any atom is -0.486 e. The summed E-state index contributed by atoms with van der Waals surface area (Å²) in [5.41, 5.74) is 1.14. The molecule has 0 saturated carbocycles. The van der Waals surface area contributed by atoms with Crippen LogP contribution in [0.15, 0.2) is 18.2 Å². The Hall–Kier alpha value is -0.970. The second kappa shape index (κ2) is 6.69. The summed E-state index contributed by atoms with van der Waals surface area (Å²) in [5.74, 6) is 1.62. The second-order valence-electron chi connectivity index (χ2n) is 3.80. The number of rotatable bonds is 4. The number of hydrogen-bond donors (Lipinski definition) is 2. The lowest BCUT2D eigenvalue weighted by Crippen LogP contribution is -2.22. The van der Waals surface area contributed by atoms with Crippen LogP contribution in [0.2, 0.25) is 0 Å². The van der Waals surface area contributed by atoms with E-state index in [0.29, 0.717) is 19.8 Å². The third-order valence-electron chi connectivity index (χ3n) is 2.63. The first kappa shape index (κ1) is 14.1. The number of aliphatic hydroxyl groups excluding tert-OH is 1. The number of benzene rings is 1. The maximum absolute atomic E-state index is 8.75. The smallest absolute Gasteiger partial charge is 0.161 e. The third-order valence-corrected chi connectivity index (χ3v) is 2.63. The van der Waals surface area contributed by atoms with Gasteiger partial charge in [-0.15, -0.1) is 12.4 Å². The van der Waals surface area contributed by atoms with Gasteiger partial charge >= 0.3 is 0 Å². The normalized spacial score (nSPS) is 14.9. The van der Waals surface area contributed by atoms with Gasteiger partial charge in [-0.05, 0) is 24.6 Å². The molecule has 0 aromatic heterocycles. The van der Waals surface area contributed by atoms with E-state index in [2.05, 4.69) is 12.2 Å². The molecule has 1 aliphatic heterocycles. The summed E-state index contributed by atoms with van der Waals surface area (Å²) >= 11 is 0. The molecule has 1 unspecified atom stereocenters. The summed E-state index contributed by atoms with van der Waals surface area (Å²) in [6.07, 6.45) is 0. The van der Waals surface area contributed by atoms with E-state index in [9.17, 15) is 0 Å². The fourth-order valence-corrected chi connectivity index (χ4v) is 1.73. The van der Waals surface area contributed by atoms with Crippen LogP contribution >= 0.6 is 12.4 Å². The van der Waals surface area contributed by atoms with E-state index < -0.39 is 0 Å². The number of ether oxygens (including phenoxy) is 2. The molecule has 1 aromatic rings. The molecule has 5 heteroatoms. The van der Waals surface area contributed by atoms with Gasteiger partial charge in [0.2, 0.25) is 0 Å². The van der Waals surface area contributed by atoms with Crippen molar-refractivity contribution in [3.63, 3.8) is 0 Å². The van der Waals surface area contributed by atoms with Crippen LogP contribution in [-0.2, 0) is 0 Å². The van der Waals surface area contributed by atoms with Gasteiger partial charge in [-0.2, -0.15) is 0 Å². The lowest BCUT2D eigenvalue weighted by atomic mass is 10.1. The minimum atomic E-state index is 0. The lowest BCUT2D eigenvalue weighted by Gasteiger charge is -2.21. The largest absolute Gasteiger partial charge is 0.486 e. The first-order chi connectivity index (χ1) is 7.81. The summed E-state index contributed by atoms with van der Waals surface area (Å²) in [4.78, 5) is 0. The average Bonchev–Trinajstić information content (AvgIpc) is 2.35. The van der Waals surface area contributed by atoms with E-state index in [1.165, 1.54) is 0 Å². The van der Waals surface area contributed by atoms with Crippen LogP contribution in [0.25, 0.3) is 0 Å². The van der Waals surface area contributed by atoms with Gasteiger partial charge in [-0.25, -0.2) is 0 Å². The lowest BCUT2D eigenvalue weighted by molar-refractivity contribution is 0.171. The minimum absolute atomic E-state index is 0. The van der Waals surface area contributed by atoms with Crippen LogP contribution in [0, 0.1) is 0 Å². The zero-order valence-electron chi connectivity index (χ0n) is 9.81. The van der Waals surface area contributed by atoms with E-state index in [0.717, 1.165) is 17.1 Å². The van der Waals surface area contributed by atoms with Gasteiger partial charge in [0.25, 0.3) is 0 Å². The number of fused-ring (bicyclic) bond motifs is 1. The molecule has 2 N–H and O–H groups in total. The summed E-state index contributed by atoms with van der Waals surface area (Å²) < 4.78 is 11.0. The Bertz CT molecular complexity index is 360. The molecule has 0 saturated heterocycles. The summed E-state index contributed by atoms with van der Waals surface area (Å²) in [5, 5.41) is 12.0. The molecular formula is C12H18ClNO3. The van der Waals surface area contributed by atoms with E-state index in [1.807, 2.05) is 18.2 Å². The molecule has 17 heavy (non-hydrogen) atoms. The second-order valence-corrected chi connectivity index (χ2v) is 3.80. The van der Waals surface area contributed by atoms with Gasteiger partial charge in [0.05, 0.1) is 6.61 Å². The molecule has 0 amide bonds. The predicted octanol–water partition coefficient (Wildman–Crippen LogP) is 1.52. The Labute approximate surface area is 107 Å². The number of nitrogens with one attached hydrogen (secondary N) is 1. The van der Waals surface area contributed by atoms with Crippen molar-refractivity contribution in [2.75, 3.05) is 26.4 Å². The van der Waals surface area contributed by atoms with Crippen LogP contribution in [0.4, 0.5) is 0 Å². The van der Waals surface area contributed by atoms with Gasteiger partial charge in [0.15, 0.2) is 11.5 Å². The van der Waals surface area contributed by atoms with Crippen molar-refractivity contribution in [3.05, 3.63) is 23.8 Å². The highest BCUT2D eigenvalue weighted by molar-refractivity contribution is 5.85. The molecule has 1 heterocycles. The molecule has 1 atom stereocenters. The van der Waals surface area contributed by atoms with Crippen LogP contribution < -0.4 is 14.8 Å². The van der Waals surface area contributed by atoms with Crippen LogP contribution in [0.5, 0.6) is 11.5 Å². The number of aliphatic hydroxyl groups is 1. The van der Waals surface area contributed by atoms with Crippen molar-refractivity contribution in [1.82, 2.24) is 5.32 Å². The third kappa shape index (κ3) is 3.49. The molecule has 0 fully saturated rings. The molecule has 4 nitrogen and oxygen atoms in total. The van der Waals surface area contributed by atoms with Crippen molar-refractivity contribution in [2.24, 2.45) is 0 Å². The fraction of sp³-hybridized carbons (Fsp3) is 0.500. The van der Waals surface area contributed by atoms with Crippen LogP contribution in [0.1, 0.15) is 18.5 Å². The molecule has 96 valence electrons. The van der Waals surface area contributed by atoms with Gasteiger partial charge in [-0.3, -0.25) is 0 Å². The summed E-state index contributed by atoms with van der Waals surface area (Å²) in [6.45, 7) is 4.02. The zero-order valence-corrected chi connectivity index (χ0v) is 10.6. The Morgan fingerprint density at radius 1 is 1.29 bits per heavy atom. The Kier molecular flexibility index (Phi) is 5.55. The highest BCUT2D eigenvalue weighted by Gasteiger charge is 2.13. The Morgan fingerprint density at radius 2 is 2.00 bits per heavy atom. The zero-order chi connectivity index (χ0) is 11.4. The first-order valence-corrected chi connectivity index (χ1v) is 5.55. The van der Waals surface area contributed by atoms with Gasteiger partial charge in [-0.1, -0.05) is 6.07 Å². The van der Waals surface area contributed by atoms with E-state index in [1.54, 1.807) is 0 Å². The maximum Gasteiger partial charge on any atom is 0.161 e. The Morgan fingerprint density at radius 3 is 2.71 bits per heavy atom. The summed E-state index contributed by atoms with van der Waals surface area (Å²) in [6, 6.07) is 6.13. The molecule has 1 aliphatic rings. The first-order valence-electron chi connectivity index (χ1n) is 5.55. The molecular weight excluding hydrogens is 242 g/mol. The van der Waals surface area contributed by atoms with Crippen molar-refractivity contribution in [1.29, 1.82) is 0 Å². The van der Waals surface area contributed by atoms with Gasteiger partial charge < -0.3 is 19.9 Å². The average molecular weight is 260 g/mol. The van der Waals surface area contributed by atoms with Gasteiger partial charge in [0, 0.05) is 12.6 Å². The molecule has 0 radical (unpaired) electrons. The standard InChI is InChI=1S/C12H17NO3.ClH/c1-9(13-4-5-14)10-2-3-11-12(8-10)16-7-6-15-11;/h2-3,8-9,13-14H,4-7H2,1H3;1H. The Balaban J connectivity index is 0.00000144. The summed E-state index contributed by atoms with van der Waals surface area (Å²) in [7, 11) is 0. The van der Waals surface area contributed by atoms with Crippen molar-refractivity contribution >= 4 is 12.4 Å². The maximum atomic E-state index is 8.75. The number of hydrogen-bond acceptors (Lipinski definition) is 4.